The highest BCUT2D eigenvalue weighted by Gasteiger charge is 2.15. The highest BCUT2D eigenvalue weighted by atomic mass is 32.2. The van der Waals surface area contributed by atoms with Crippen LogP contribution in [-0.2, 0) is 18.7 Å². The van der Waals surface area contributed by atoms with Crippen molar-refractivity contribution in [2.45, 2.75) is 51.1 Å². The van der Waals surface area contributed by atoms with Crippen molar-refractivity contribution < 1.29 is 0 Å². The lowest BCUT2D eigenvalue weighted by Crippen LogP contribution is -2.15. The molecule has 4 rings (SSSR count). The summed E-state index contributed by atoms with van der Waals surface area (Å²) in [5.41, 5.74) is 2.84. The molecule has 0 aliphatic heterocycles. The zero-order chi connectivity index (χ0) is 20.4. The molecule has 3 aromatic heterocycles. The Balaban J connectivity index is 1.61. The predicted molar refractivity (Wildman–Crippen MR) is 117 cm³/mol. The fourth-order valence-electron chi connectivity index (χ4n) is 3.07. The number of aromatic nitrogens is 6. The molecule has 9 heteroatoms. The van der Waals surface area contributed by atoms with Crippen molar-refractivity contribution in [1.29, 1.82) is 0 Å². The molecule has 1 aromatic carbocycles. The average molecular weight is 427 g/mol. The Hall–Kier alpha value is -2.52. The summed E-state index contributed by atoms with van der Waals surface area (Å²) in [4.78, 5) is 17.6. The van der Waals surface area contributed by atoms with Gasteiger partial charge in [0.15, 0.2) is 11.0 Å². The van der Waals surface area contributed by atoms with Crippen molar-refractivity contribution in [1.82, 2.24) is 29.4 Å². The highest BCUT2D eigenvalue weighted by Crippen LogP contribution is 2.27. The molecule has 0 spiro atoms. The largest absolute Gasteiger partial charge is 0.302 e. The number of benzene rings is 1. The van der Waals surface area contributed by atoms with Crippen LogP contribution in [0.3, 0.4) is 0 Å². The minimum absolute atomic E-state index is 0.142. The fourth-order valence-corrected chi connectivity index (χ4v) is 4.78. The Morgan fingerprint density at radius 2 is 2.03 bits per heavy atom. The third kappa shape index (κ3) is 4.11. The van der Waals surface area contributed by atoms with Crippen molar-refractivity contribution in [3.05, 3.63) is 57.0 Å². The van der Waals surface area contributed by atoms with Crippen LogP contribution in [0.4, 0.5) is 0 Å². The van der Waals surface area contributed by atoms with E-state index in [1.54, 1.807) is 17.8 Å². The van der Waals surface area contributed by atoms with Gasteiger partial charge in [-0.05, 0) is 25.8 Å². The molecule has 7 nitrogen and oxygen atoms in total. The number of hydrogen-bond donors (Lipinski definition) is 0. The Morgan fingerprint density at radius 3 is 2.79 bits per heavy atom. The number of hydrogen-bond acceptors (Lipinski definition) is 7. The van der Waals surface area contributed by atoms with Crippen LogP contribution in [0.2, 0.25) is 0 Å². The van der Waals surface area contributed by atoms with Gasteiger partial charge < -0.3 is 4.57 Å². The number of thioether (sulfide) groups is 1. The number of aryl methyl sites for hydroxylation is 2. The lowest BCUT2D eigenvalue weighted by molar-refractivity contribution is 0.626. The van der Waals surface area contributed by atoms with E-state index in [0.717, 1.165) is 46.6 Å². The second-order valence-corrected chi connectivity index (χ2v) is 8.73. The fraction of sp³-hybridized carbons (Fsp3) is 0.350. The Morgan fingerprint density at radius 1 is 1.17 bits per heavy atom. The molecule has 0 saturated carbocycles. The lowest BCUT2D eigenvalue weighted by atomic mass is 10.1. The third-order valence-electron chi connectivity index (χ3n) is 4.43. The SMILES string of the molecule is CCCn1c(SCc2cc(=O)n3nc(CC)sc3n2)nnc1-c1cccc(C)c1. The zero-order valence-corrected chi connectivity index (χ0v) is 18.3. The van der Waals surface area contributed by atoms with Crippen LogP contribution in [0.1, 0.15) is 36.5 Å². The molecule has 150 valence electrons. The summed E-state index contributed by atoms with van der Waals surface area (Å²) in [5.74, 6) is 1.43. The third-order valence-corrected chi connectivity index (χ3v) is 6.48. The standard InChI is InChI=1S/C20H22N6OS2/c1-4-9-25-18(14-8-6-7-13(3)10-14)22-23-20(25)28-12-15-11-17(27)26-19(21-15)29-16(5-2)24-26/h6-8,10-11H,4-5,9,12H2,1-3H3. The molecule has 0 unspecified atom stereocenters. The molecular formula is C20H22N6OS2. The van der Waals surface area contributed by atoms with E-state index in [4.69, 9.17) is 0 Å². The molecule has 4 aromatic rings. The van der Waals surface area contributed by atoms with Crippen molar-refractivity contribution >= 4 is 28.1 Å². The summed E-state index contributed by atoms with van der Waals surface area (Å²) < 4.78 is 3.53. The Kier molecular flexibility index (Phi) is 5.77. The van der Waals surface area contributed by atoms with Crippen LogP contribution in [0.5, 0.6) is 0 Å². The Labute approximate surface area is 176 Å². The molecule has 0 amide bonds. The first-order valence-corrected chi connectivity index (χ1v) is 11.4. The van der Waals surface area contributed by atoms with Gasteiger partial charge in [0.1, 0.15) is 5.01 Å². The first-order valence-electron chi connectivity index (χ1n) is 9.60. The van der Waals surface area contributed by atoms with Gasteiger partial charge in [0.05, 0.1) is 5.69 Å². The molecule has 0 N–H and O–H groups in total. The van der Waals surface area contributed by atoms with E-state index in [2.05, 4.69) is 56.9 Å². The van der Waals surface area contributed by atoms with E-state index >= 15 is 0 Å². The maximum Gasteiger partial charge on any atom is 0.275 e. The van der Waals surface area contributed by atoms with Crippen LogP contribution in [0.15, 0.2) is 40.3 Å². The van der Waals surface area contributed by atoms with Crippen LogP contribution in [-0.4, -0.2) is 29.4 Å². The summed E-state index contributed by atoms with van der Waals surface area (Å²) in [6.07, 6.45) is 1.77. The normalized spacial score (nSPS) is 11.4. The van der Waals surface area contributed by atoms with E-state index in [0.29, 0.717) is 10.7 Å². The van der Waals surface area contributed by atoms with E-state index in [1.807, 2.05) is 13.0 Å². The Bertz CT molecular complexity index is 1210. The van der Waals surface area contributed by atoms with Crippen LogP contribution < -0.4 is 5.56 Å². The first-order chi connectivity index (χ1) is 14.1. The van der Waals surface area contributed by atoms with E-state index in [-0.39, 0.29) is 5.56 Å². The second kappa shape index (κ2) is 8.46. The van der Waals surface area contributed by atoms with E-state index in [1.165, 1.54) is 21.4 Å². The maximum atomic E-state index is 12.4. The van der Waals surface area contributed by atoms with Gasteiger partial charge in [0, 0.05) is 23.9 Å². The number of fused-ring (bicyclic) bond motifs is 1. The van der Waals surface area contributed by atoms with E-state index < -0.39 is 0 Å². The minimum Gasteiger partial charge on any atom is -0.302 e. The van der Waals surface area contributed by atoms with Gasteiger partial charge in [0.25, 0.3) is 5.56 Å². The van der Waals surface area contributed by atoms with Crippen molar-refractivity contribution in [3.8, 4) is 11.4 Å². The number of rotatable bonds is 7. The number of nitrogens with zero attached hydrogens (tertiary/aromatic N) is 6. The quantitative estimate of drug-likeness (QED) is 0.416. The van der Waals surface area contributed by atoms with Gasteiger partial charge in [-0.15, -0.1) is 10.2 Å². The molecule has 0 saturated heterocycles. The van der Waals surface area contributed by atoms with Crippen LogP contribution in [0.25, 0.3) is 16.3 Å². The lowest BCUT2D eigenvalue weighted by Gasteiger charge is -2.09. The summed E-state index contributed by atoms with van der Waals surface area (Å²) in [6.45, 7) is 7.07. The molecule has 0 bridgehead atoms. The molecule has 0 aliphatic carbocycles. The topological polar surface area (TPSA) is 78.0 Å². The summed E-state index contributed by atoms with van der Waals surface area (Å²) in [7, 11) is 0. The minimum atomic E-state index is -0.142. The molecule has 0 fully saturated rings. The molecule has 29 heavy (non-hydrogen) atoms. The molecule has 0 radical (unpaired) electrons. The van der Waals surface area contributed by atoms with E-state index in [9.17, 15) is 4.79 Å². The van der Waals surface area contributed by atoms with Gasteiger partial charge in [-0.2, -0.15) is 9.61 Å². The molecular weight excluding hydrogens is 404 g/mol. The van der Waals surface area contributed by atoms with Crippen LogP contribution >= 0.6 is 23.1 Å². The second-order valence-electron chi connectivity index (χ2n) is 6.75. The van der Waals surface area contributed by atoms with Crippen molar-refractivity contribution in [2.24, 2.45) is 0 Å². The highest BCUT2D eigenvalue weighted by molar-refractivity contribution is 7.98. The smallest absolute Gasteiger partial charge is 0.275 e. The first kappa shape index (κ1) is 19.8. The molecule has 0 atom stereocenters. The van der Waals surface area contributed by atoms with Gasteiger partial charge in [-0.3, -0.25) is 4.79 Å². The molecule has 3 heterocycles. The van der Waals surface area contributed by atoms with Gasteiger partial charge >= 0.3 is 0 Å². The monoisotopic (exact) mass is 426 g/mol. The van der Waals surface area contributed by atoms with Crippen molar-refractivity contribution in [3.63, 3.8) is 0 Å². The van der Waals surface area contributed by atoms with Crippen LogP contribution in [0, 0.1) is 6.92 Å². The zero-order valence-electron chi connectivity index (χ0n) is 16.6. The summed E-state index contributed by atoms with van der Waals surface area (Å²) in [5, 5.41) is 14.9. The predicted octanol–water partition coefficient (Wildman–Crippen LogP) is 3.98. The summed E-state index contributed by atoms with van der Waals surface area (Å²) in [6, 6.07) is 9.85. The molecule has 0 aliphatic rings. The van der Waals surface area contributed by atoms with Gasteiger partial charge in [-0.25, -0.2) is 4.98 Å². The summed E-state index contributed by atoms with van der Waals surface area (Å²) >= 11 is 3.01. The van der Waals surface area contributed by atoms with Crippen molar-refractivity contribution in [2.75, 3.05) is 0 Å². The average Bonchev–Trinajstić information content (AvgIpc) is 3.31. The van der Waals surface area contributed by atoms with Gasteiger partial charge in [-0.1, -0.05) is 60.7 Å². The maximum absolute atomic E-state index is 12.4. The van der Waals surface area contributed by atoms with Gasteiger partial charge in [0.2, 0.25) is 4.96 Å².